The van der Waals surface area contributed by atoms with Crippen molar-refractivity contribution in [1.82, 2.24) is 4.90 Å². The summed E-state index contributed by atoms with van der Waals surface area (Å²) in [4.78, 5) is 14.0. The highest BCUT2D eigenvalue weighted by Gasteiger charge is 2.27. The molecule has 0 spiro atoms. The van der Waals surface area contributed by atoms with Crippen molar-refractivity contribution in [3.05, 3.63) is 0 Å². The van der Waals surface area contributed by atoms with Crippen molar-refractivity contribution in [3.8, 4) is 0 Å². The molecule has 2 aliphatic heterocycles. The molecule has 0 bridgehead atoms. The SMILES string of the molecule is O=C1CCOCC1CN1CCC(CO)CC1. The lowest BCUT2D eigenvalue weighted by atomic mass is 9.95. The Bertz CT molecular complexity index is 236. The highest BCUT2D eigenvalue weighted by Crippen LogP contribution is 2.19. The van der Waals surface area contributed by atoms with Gasteiger partial charge in [-0.2, -0.15) is 0 Å². The first kappa shape index (κ1) is 12.0. The topological polar surface area (TPSA) is 49.8 Å². The molecule has 0 saturated carbocycles. The number of hydrogen-bond donors (Lipinski definition) is 1. The first-order valence-corrected chi connectivity index (χ1v) is 6.23. The van der Waals surface area contributed by atoms with Crippen LogP contribution in [0.5, 0.6) is 0 Å². The van der Waals surface area contributed by atoms with Gasteiger partial charge >= 0.3 is 0 Å². The second-order valence-electron chi connectivity index (χ2n) is 4.91. The molecule has 1 unspecified atom stereocenters. The molecule has 2 rings (SSSR count). The van der Waals surface area contributed by atoms with E-state index in [2.05, 4.69) is 4.90 Å². The van der Waals surface area contributed by atoms with Crippen LogP contribution in [0.1, 0.15) is 19.3 Å². The van der Waals surface area contributed by atoms with E-state index in [1.54, 1.807) is 0 Å². The summed E-state index contributed by atoms with van der Waals surface area (Å²) in [7, 11) is 0. The van der Waals surface area contributed by atoms with Crippen molar-refractivity contribution in [2.24, 2.45) is 11.8 Å². The molecule has 0 aromatic carbocycles. The van der Waals surface area contributed by atoms with E-state index in [4.69, 9.17) is 9.84 Å². The van der Waals surface area contributed by atoms with Gasteiger partial charge in [0.05, 0.1) is 19.1 Å². The Balaban J connectivity index is 1.75. The quantitative estimate of drug-likeness (QED) is 0.753. The largest absolute Gasteiger partial charge is 0.396 e. The van der Waals surface area contributed by atoms with Crippen molar-refractivity contribution in [2.45, 2.75) is 19.3 Å². The number of rotatable bonds is 3. The number of Topliss-reactive ketones (excluding diaryl/α,β-unsaturated/α-hetero) is 1. The fraction of sp³-hybridized carbons (Fsp3) is 0.917. The minimum Gasteiger partial charge on any atom is -0.396 e. The average Bonchev–Trinajstić information content (AvgIpc) is 2.33. The summed E-state index contributed by atoms with van der Waals surface area (Å²) in [5, 5.41) is 9.05. The van der Waals surface area contributed by atoms with Crippen molar-refractivity contribution >= 4 is 5.78 Å². The first-order valence-electron chi connectivity index (χ1n) is 6.23. The van der Waals surface area contributed by atoms with E-state index in [9.17, 15) is 4.79 Å². The predicted octanol–water partition coefficient (Wildman–Crippen LogP) is 0.296. The number of ether oxygens (including phenoxy) is 1. The monoisotopic (exact) mass is 227 g/mol. The molecule has 0 aliphatic carbocycles. The van der Waals surface area contributed by atoms with E-state index >= 15 is 0 Å². The normalized spacial score (nSPS) is 29.6. The van der Waals surface area contributed by atoms with E-state index in [1.807, 2.05) is 0 Å². The van der Waals surface area contributed by atoms with Gasteiger partial charge in [-0.25, -0.2) is 0 Å². The van der Waals surface area contributed by atoms with Gasteiger partial charge in [0, 0.05) is 19.6 Å². The summed E-state index contributed by atoms with van der Waals surface area (Å²) in [6.07, 6.45) is 2.69. The summed E-state index contributed by atoms with van der Waals surface area (Å²) in [5.41, 5.74) is 0. The molecule has 2 aliphatic rings. The van der Waals surface area contributed by atoms with Gasteiger partial charge in [-0.1, -0.05) is 0 Å². The maximum absolute atomic E-state index is 11.6. The molecule has 0 aromatic rings. The van der Waals surface area contributed by atoms with Crippen LogP contribution >= 0.6 is 0 Å². The standard InChI is InChI=1S/C12H21NO3/c14-8-10-1-4-13(5-2-10)7-11-9-16-6-3-12(11)15/h10-11,14H,1-9H2. The molecule has 4 nitrogen and oxygen atoms in total. The van der Waals surface area contributed by atoms with Crippen LogP contribution < -0.4 is 0 Å². The second kappa shape index (κ2) is 5.75. The predicted molar refractivity (Wildman–Crippen MR) is 60.2 cm³/mol. The Morgan fingerprint density at radius 1 is 1.38 bits per heavy atom. The van der Waals surface area contributed by atoms with Gasteiger partial charge in [0.2, 0.25) is 0 Å². The molecule has 0 aromatic heterocycles. The first-order chi connectivity index (χ1) is 7.79. The highest BCUT2D eigenvalue weighted by atomic mass is 16.5. The van der Waals surface area contributed by atoms with Gasteiger partial charge in [0.1, 0.15) is 5.78 Å². The number of likely N-dealkylation sites (tertiary alicyclic amines) is 1. The lowest BCUT2D eigenvalue weighted by Crippen LogP contribution is -2.42. The van der Waals surface area contributed by atoms with Crippen LogP contribution in [0.4, 0.5) is 0 Å². The third kappa shape index (κ3) is 3.03. The summed E-state index contributed by atoms with van der Waals surface area (Å²) < 4.78 is 5.35. The lowest BCUT2D eigenvalue weighted by Gasteiger charge is -2.34. The van der Waals surface area contributed by atoms with Crippen LogP contribution in [-0.4, -0.2) is 55.2 Å². The van der Waals surface area contributed by atoms with Crippen LogP contribution in [0.3, 0.4) is 0 Å². The van der Waals surface area contributed by atoms with Crippen molar-refractivity contribution in [3.63, 3.8) is 0 Å². The van der Waals surface area contributed by atoms with Crippen LogP contribution in [0.25, 0.3) is 0 Å². The molecule has 1 atom stereocenters. The number of carbonyl (C=O) groups is 1. The summed E-state index contributed by atoms with van der Waals surface area (Å²) in [6.45, 7) is 4.36. The van der Waals surface area contributed by atoms with Gasteiger partial charge in [0.15, 0.2) is 0 Å². The zero-order chi connectivity index (χ0) is 11.4. The third-order valence-electron chi connectivity index (χ3n) is 3.71. The zero-order valence-electron chi connectivity index (χ0n) is 9.73. The van der Waals surface area contributed by atoms with Gasteiger partial charge in [-0.15, -0.1) is 0 Å². The van der Waals surface area contributed by atoms with Gasteiger partial charge in [0.25, 0.3) is 0 Å². The highest BCUT2D eigenvalue weighted by molar-refractivity contribution is 5.82. The van der Waals surface area contributed by atoms with Gasteiger partial charge < -0.3 is 14.7 Å². The zero-order valence-corrected chi connectivity index (χ0v) is 9.73. The molecule has 0 radical (unpaired) electrons. The Morgan fingerprint density at radius 3 is 2.75 bits per heavy atom. The number of ketones is 1. The number of carbonyl (C=O) groups excluding carboxylic acids is 1. The molecular formula is C12H21NO3. The maximum Gasteiger partial charge on any atom is 0.141 e. The van der Waals surface area contributed by atoms with E-state index < -0.39 is 0 Å². The van der Waals surface area contributed by atoms with Crippen LogP contribution in [0.2, 0.25) is 0 Å². The number of piperidine rings is 1. The lowest BCUT2D eigenvalue weighted by molar-refractivity contribution is -0.131. The van der Waals surface area contributed by atoms with E-state index in [0.29, 0.717) is 37.9 Å². The Kier molecular flexibility index (Phi) is 4.32. The molecule has 92 valence electrons. The van der Waals surface area contributed by atoms with E-state index in [-0.39, 0.29) is 5.92 Å². The maximum atomic E-state index is 11.6. The molecule has 2 heterocycles. The average molecular weight is 227 g/mol. The smallest absolute Gasteiger partial charge is 0.141 e. The molecule has 1 N–H and O–H groups in total. The number of hydrogen-bond acceptors (Lipinski definition) is 4. The van der Waals surface area contributed by atoms with Crippen molar-refractivity contribution < 1.29 is 14.6 Å². The van der Waals surface area contributed by atoms with Crippen LogP contribution in [0, 0.1) is 11.8 Å². The number of nitrogens with zero attached hydrogens (tertiary/aromatic N) is 1. The summed E-state index contributed by atoms with van der Waals surface area (Å²) >= 11 is 0. The molecule has 4 heteroatoms. The summed E-state index contributed by atoms with van der Waals surface area (Å²) in [6, 6.07) is 0. The summed E-state index contributed by atoms with van der Waals surface area (Å²) in [5.74, 6) is 0.907. The number of aliphatic hydroxyl groups excluding tert-OH is 1. The minimum atomic E-state index is 0.0828. The fourth-order valence-corrected chi connectivity index (χ4v) is 2.51. The number of aliphatic hydroxyl groups is 1. The van der Waals surface area contributed by atoms with Crippen molar-refractivity contribution in [1.29, 1.82) is 0 Å². The Labute approximate surface area is 96.6 Å². The molecule has 2 saturated heterocycles. The van der Waals surface area contributed by atoms with Gasteiger partial charge in [-0.05, 0) is 31.8 Å². The second-order valence-corrected chi connectivity index (χ2v) is 4.91. The molecular weight excluding hydrogens is 206 g/mol. The van der Waals surface area contributed by atoms with E-state index in [0.717, 1.165) is 32.5 Å². The van der Waals surface area contributed by atoms with Gasteiger partial charge in [-0.3, -0.25) is 4.79 Å². The molecule has 16 heavy (non-hydrogen) atoms. The Morgan fingerprint density at radius 2 is 2.12 bits per heavy atom. The van der Waals surface area contributed by atoms with Crippen LogP contribution in [-0.2, 0) is 9.53 Å². The van der Waals surface area contributed by atoms with E-state index in [1.165, 1.54) is 0 Å². The fourth-order valence-electron chi connectivity index (χ4n) is 2.51. The van der Waals surface area contributed by atoms with Crippen LogP contribution in [0.15, 0.2) is 0 Å². The third-order valence-corrected chi connectivity index (χ3v) is 3.71. The Hall–Kier alpha value is -0.450. The molecule has 2 fully saturated rings. The molecule has 0 amide bonds. The van der Waals surface area contributed by atoms with Crippen molar-refractivity contribution in [2.75, 3.05) is 39.5 Å². The minimum absolute atomic E-state index is 0.0828.